The molecule has 2 aromatic heterocycles. The molecule has 1 aliphatic rings. The van der Waals surface area contributed by atoms with Gasteiger partial charge in [-0.15, -0.1) is 5.10 Å². The number of amides is 1. The maximum atomic E-state index is 11.9. The van der Waals surface area contributed by atoms with Gasteiger partial charge >= 0.3 is 0 Å². The fourth-order valence-corrected chi connectivity index (χ4v) is 2.62. The van der Waals surface area contributed by atoms with E-state index in [1.54, 1.807) is 5.38 Å². The molecule has 2 aromatic rings. The van der Waals surface area contributed by atoms with Crippen LogP contribution in [0, 0.1) is 12.8 Å². The predicted octanol–water partition coefficient (Wildman–Crippen LogP) is 2.27. The van der Waals surface area contributed by atoms with Crippen molar-refractivity contribution in [1.82, 2.24) is 19.4 Å². The third-order valence-corrected chi connectivity index (χ3v) is 3.95. The molecule has 1 aliphatic carbocycles. The van der Waals surface area contributed by atoms with Crippen LogP contribution in [-0.4, -0.2) is 25.3 Å². The smallest absolute Gasteiger partial charge is 0.278 e. The van der Waals surface area contributed by atoms with Gasteiger partial charge in [-0.1, -0.05) is 4.49 Å². The van der Waals surface area contributed by atoms with Crippen molar-refractivity contribution in [1.29, 1.82) is 0 Å². The van der Waals surface area contributed by atoms with Crippen molar-refractivity contribution < 1.29 is 4.79 Å². The van der Waals surface area contributed by atoms with Gasteiger partial charge in [-0.2, -0.15) is 5.10 Å². The Kier molecular flexibility index (Phi) is 3.06. The number of aryl methyl sites for hydroxylation is 1. The Hall–Kier alpha value is -1.76. The van der Waals surface area contributed by atoms with Crippen molar-refractivity contribution in [2.45, 2.75) is 32.7 Å². The van der Waals surface area contributed by atoms with Gasteiger partial charge in [0, 0.05) is 17.1 Å². The highest BCUT2D eigenvalue weighted by atomic mass is 32.1. The van der Waals surface area contributed by atoms with Gasteiger partial charge in [0.15, 0.2) is 11.5 Å². The highest BCUT2D eigenvalue weighted by Gasteiger charge is 2.30. The number of aromatic nitrogens is 4. The average molecular weight is 277 g/mol. The number of anilines is 1. The van der Waals surface area contributed by atoms with E-state index in [0.29, 0.717) is 17.6 Å². The molecule has 3 rings (SSSR count). The van der Waals surface area contributed by atoms with E-state index >= 15 is 0 Å². The van der Waals surface area contributed by atoms with Crippen molar-refractivity contribution in [3.05, 3.63) is 22.8 Å². The first-order chi connectivity index (χ1) is 9.15. The van der Waals surface area contributed by atoms with Gasteiger partial charge in [-0.05, 0) is 44.1 Å². The topological polar surface area (TPSA) is 72.7 Å². The van der Waals surface area contributed by atoms with Gasteiger partial charge in [-0.25, -0.2) is 0 Å². The van der Waals surface area contributed by atoms with Crippen LogP contribution in [0.25, 0.3) is 0 Å². The minimum atomic E-state index is -0.266. The molecule has 0 bridgehead atoms. The largest absolute Gasteiger partial charge is 0.304 e. The summed E-state index contributed by atoms with van der Waals surface area (Å²) in [6.45, 7) is 4.18. The number of carbonyl (C=O) groups excluding carboxylic acids is 1. The van der Waals surface area contributed by atoms with Crippen LogP contribution in [0.3, 0.4) is 0 Å². The number of carbonyl (C=O) groups is 1. The van der Waals surface area contributed by atoms with E-state index in [9.17, 15) is 4.79 Å². The summed E-state index contributed by atoms with van der Waals surface area (Å²) >= 11 is 1.16. The highest BCUT2D eigenvalue weighted by Crippen LogP contribution is 2.39. The predicted molar refractivity (Wildman–Crippen MR) is 72.3 cm³/mol. The molecule has 1 saturated carbocycles. The number of nitrogens with zero attached hydrogens (tertiary/aromatic N) is 4. The Morgan fingerprint density at radius 2 is 2.37 bits per heavy atom. The second-order valence-electron chi connectivity index (χ2n) is 4.94. The molecule has 1 unspecified atom stereocenters. The third kappa shape index (κ3) is 2.51. The zero-order valence-corrected chi connectivity index (χ0v) is 11.6. The van der Waals surface area contributed by atoms with Gasteiger partial charge < -0.3 is 5.32 Å². The van der Waals surface area contributed by atoms with E-state index in [0.717, 1.165) is 23.1 Å². The fourth-order valence-electron chi connectivity index (χ4n) is 2.18. The van der Waals surface area contributed by atoms with Gasteiger partial charge in [0.2, 0.25) is 0 Å². The van der Waals surface area contributed by atoms with Crippen LogP contribution in [0.4, 0.5) is 5.82 Å². The zero-order valence-electron chi connectivity index (χ0n) is 10.8. The van der Waals surface area contributed by atoms with E-state index in [2.05, 4.69) is 26.9 Å². The molecule has 0 radical (unpaired) electrons. The summed E-state index contributed by atoms with van der Waals surface area (Å²) in [6, 6.07) is 2.28. The standard InChI is InChI=1S/C12H15N5OS/c1-7-5-11(13-12(18)10-6-19-16-14-10)15-17(7)8(2)9-3-4-9/h5-6,8-9H,3-4H2,1-2H3,(H,13,15,18). The van der Waals surface area contributed by atoms with E-state index in [4.69, 9.17) is 0 Å². The molecule has 0 aromatic carbocycles. The Balaban J connectivity index is 1.75. The first kappa shape index (κ1) is 12.3. The lowest BCUT2D eigenvalue weighted by molar-refractivity contribution is 0.102. The summed E-state index contributed by atoms with van der Waals surface area (Å²) in [5, 5.41) is 12.6. The lowest BCUT2D eigenvalue weighted by Crippen LogP contribution is -2.14. The third-order valence-electron chi connectivity index (χ3n) is 3.45. The van der Waals surface area contributed by atoms with Crippen LogP contribution >= 0.6 is 11.5 Å². The van der Waals surface area contributed by atoms with Crippen molar-refractivity contribution in [3.63, 3.8) is 0 Å². The van der Waals surface area contributed by atoms with Crippen LogP contribution in [0.1, 0.15) is 42.0 Å². The first-order valence-electron chi connectivity index (χ1n) is 6.29. The molecular formula is C12H15N5OS. The Bertz CT molecular complexity index is 587. The van der Waals surface area contributed by atoms with Crippen LogP contribution < -0.4 is 5.32 Å². The maximum Gasteiger partial charge on any atom is 0.278 e. The lowest BCUT2D eigenvalue weighted by atomic mass is 10.2. The summed E-state index contributed by atoms with van der Waals surface area (Å²) in [7, 11) is 0. The minimum Gasteiger partial charge on any atom is -0.304 e. The number of nitrogens with one attached hydrogen (secondary N) is 1. The monoisotopic (exact) mass is 277 g/mol. The fraction of sp³-hybridized carbons (Fsp3) is 0.500. The Labute approximate surface area is 115 Å². The van der Waals surface area contributed by atoms with Crippen molar-refractivity contribution in [2.24, 2.45) is 5.92 Å². The molecule has 0 spiro atoms. The van der Waals surface area contributed by atoms with Gasteiger partial charge in [0.1, 0.15) is 0 Å². The molecule has 0 saturated heterocycles. The first-order valence-corrected chi connectivity index (χ1v) is 7.13. The van der Waals surface area contributed by atoms with Crippen LogP contribution in [0.15, 0.2) is 11.4 Å². The van der Waals surface area contributed by atoms with Gasteiger partial charge in [0.05, 0.1) is 6.04 Å². The quantitative estimate of drug-likeness (QED) is 0.930. The second kappa shape index (κ2) is 4.73. The summed E-state index contributed by atoms with van der Waals surface area (Å²) in [6.07, 6.45) is 2.54. The number of rotatable bonds is 4. The SMILES string of the molecule is Cc1cc(NC(=O)c2csnn2)nn1C(C)C1CC1. The Morgan fingerprint density at radius 3 is 3.00 bits per heavy atom. The molecule has 1 N–H and O–H groups in total. The molecule has 19 heavy (non-hydrogen) atoms. The number of hydrogen-bond acceptors (Lipinski definition) is 5. The maximum absolute atomic E-state index is 11.9. The lowest BCUT2D eigenvalue weighted by Gasteiger charge is -2.12. The van der Waals surface area contributed by atoms with Crippen LogP contribution in [0.2, 0.25) is 0 Å². The second-order valence-corrected chi connectivity index (χ2v) is 5.55. The molecule has 0 aliphatic heterocycles. The summed E-state index contributed by atoms with van der Waals surface area (Å²) in [5.41, 5.74) is 1.39. The normalized spacial score (nSPS) is 16.3. The Morgan fingerprint density at radius 1 is 1.58 bits per heavy atom. The van der Waals surface area contributed by atoms with Gasteiger partial charge in [-0.3, -0.25) is 9.48 Å². The number of hydrogen-bond donors (Lipinski definition) is 1. The molecule has 1 fully saturated rings. The molecule has 1 atom stereocenters. The molecule has 6 nitrogen and oxygen atoms in total. The molecule has 2 heterocycles. The average Bonchev–Trinajstić information content (AvgIpc) is 2.95. The minimum absolute atomic E-state index is 0.266. The van der Waals surface area contributed by atoms with Crippen molar-refractivity contribution in [3.8, 4) is 0 Å². The van der Waals surface area contributed by atoms with Crippen LogP contribution in [-0.2, 0) is 0 Å². The molecule has 7 heteroatoms. The van der Waals surface area contributed by atoms with Crippen molar-refractivity contribution >= 4 is 23.3 Å². The summed E-state index contributed by atoms with van der Waals surface area (Å²) in [4.78, 5) is 11.9. The summed E-state index contributed by atoms with van der Waals surface area (Å²) < 4.78 is 5.67. The van der Waals surface area contributed by atoms with E-state index in [-0.39, 0.29) is 5.91 Å². The van der Waals surface area contributed by atoms with Crippen molar-refractivity contribution in [2.75, 3.05) is 5.32 Å². The van der Waals surface area contributed by atoms with E-state index < -0.39 is 0 Å². The van der Waals surface area contributed by atoms with E-state index in [1.807, 2.05) is 17.7 Å². The zero-order chi connectivity index (χ0) is 13.4. The molecular weight excluding hydrogens is 262 g/mol. The molecule has 100 valence electrons. The summed E-state index contributed by atoms with van der Waals surface area (Å²) in [5.74, 6) is 1.03. The molecule has 1 amide bonds. The van der Waals surface area contributed by atoms with E-state index in [1.165, 1.54) is 12.8 Å². The van der Waals surface area contributed by atoms with Crippen LogP contribution in [0.5, 0.6) is 0 Å². The van der Waals surface area contributed by atoms with Gasteiger partial charge in [0.25, 0.3) is 5.91 Å². The highest BCUT2D eigenvalue weighted by molar-refractivity contribution is 7.03.